The van der Waals surface area contributed by atoms with Gasteiger partial charge in [0.25, 0.3) is 0 Å². The van der Waals surface area contributed by atoms with Crippen LogP contribution in [0, 0.1) is 0 Å². The molecular weight excluding hydrogens is 751 g/mol. The van der Waals surface area contributed by atoms with E-state index in [1.54, 1.807) is 0 Å². The molecule has 0 amide bonds. The first kappa shape index (κ1) is 36.8. The van der Waals surface area contributed by atoms with Crippen molar-refractivity contribution in [1.29, 1.82) is 0 Å². The van der Waals surface area contributed by atoms with Crippen molar-refractivity contribution in [3.8, 4) is 89.7 Å². The average Bonchev–Trinajstić information content (AvgIpc) is 3.37. The minimum Gasteiger partial charge on any atom is -0.247 e. The third-order valence-corrected chi connectivity index (χ3v) is 11.7. The zero-order valence-electron chi connectivity index (χ0n) is 33.9. The summed E-state index contributed by atoms with van der Waals surface area (Å²) in [5.74, 6) is 0.698. The lowest BCUT2D eigenvalue weighted by Gasteiger charge is -2.16. The van der Waals surface area contributed by atoms with Gasteiger partial charge in [0.05, 0.1) is 22.6 Å². The molecule has 2 heterocycles. The van der Waals surface area contributed by atoms with Gasteiger partial charge in [-0.15, -0.1) is 0 Å². The van der Waals surface area contributed by atoms with Crippen molar-refractivity contribution < 1.29 is 0 Å². The fraction of sp³-hybridized carbons (Fsp3) is 0. The summed E-state index contributed by atoms with van der Waals surface area (Å²) in [5.41, 5.74) is 17.1. The van der Waals surface area contributed by atoms with Crippen molar-refractivity contribution in [1.82, 2.24) is 15.0 Å². The van der Waals surface area contributed by atoms with Gasteiger partial charge in [-0.3, -0.25) is 0 Å². The number of nitrogens with zero attached hydrogens (tertiary/aromatic N) is 3. The molecule has 0 aliphatic rings. The largest absolute Gasteiger partial charge is 0.247 e. The summed E-state index contributed by atoms with van der Waals surface area (Å²) in [6, 6.07) is 83.5. The monoisotopic (exact) mass is 789 g/mol. The zero-order valence-corrected chi connectivity index (χ0v) is 33.9. The molecule has 0 spiro atoms. The highest BCUT2D eigenvalue weighted by Crippen LogP contribution is 2.41. The first-order valence-electron chi connectivity index (χ1n) is 21.0. The highest BCUT2D eigenvalue weighted by molar-refractivity contribution is 6.16. The number of hydrogen-bond acceptors (Lipinski definition) is 3. The van der Waals surface area contributed by atoms with E-state index in [9.17, 15) is 0 Å². The Labute approximate surface area is 361 Å². The molecule has 0 bridgehead atoms. The van der Waals surface area contributed by atoms with E-state index in [0.717, 1.165) is 66.8 Å². The molecule has 0 unspecified atom stereocenters. The molecule has 3 heteroatoms. The molecule has 0 atom stereocenters. The van der Waals surface area contributed by atoms with Gasteiger partial charge in [-0.1, -0.05) is 218 Å². The summed E-state index contributed by atoms with van der Waals surface area (Å²) in [6.45, 7) is 0. The standard InChI is InChI=1S/C59H39N3/c1-5-15-40(16-6-1)42-25-29-44(30-26-42)52-37-54-53(45-31-27-43(28-32-45)41-17-7-2-8-18-41)38-55(60-58(54)51-24-14-13-23-50(51)52)47-33-35-48(36-34-47)57-39-56(46-19-9-3-10-20-46)61-59(62-57)49-21-11-4-12-22-49/h1-39H. The molecule has 62 heavy (non-hydrogen) atoms. The molecule has 0 saturated heterocycles. The van der Waals surface area contributed by atoms with Crippen LogP contribution in [0.1, 0.15) is 0 Å². The van der Waals surface area contributed by atoms with Gasteiger partial charge < -0.3 is 0 Å². The highest BCUT2D eigenvalue weighted by atomic mass is 14.9. The van der Waals surface area contributed by atoms with Crippen LogP contribution in [-0.4, -0.2) is 15.0 Å². The van der Waals surface area contributed by atoms with Crippen molar-refractivity contribution in [3.05, 3.63) is 237 Å². The third-order valence-electron chi connectivity index (χ3n) is 11.7. The molecule has 2 aromatic heterocycles. The number of benzene rings is 9. The number of pyridine rings is 1. The molecule has 11 aromatic rings. The summed E-state index contributed by atoms with van der Waals surface area (Å²) in [4.78, 5) is 15.6. The van der Waals surface area contributed by atoms with Gasteiger partial charge in [-0.05, 0) is 68.1 Å². The Morgan fingerprint density at radius 1 is 0.210 bits per heavy atom. The van der Waals surface area contributed by atoms with Crippen molar-refractivity contribution in [2.45, 2.75) is 0 Å². The predicted octanol–water partition coefficient (Wildman–Crippen LogP) is 15.5. The van der Waals surface area contributed by atoms with Crippen LogP contribution in [0.25, 0.3) is 111 Å². The average molecular weight is 790 g/mol. The van der Waals surface area contributed by atoms with E-state index in [2.05, 4.69) is 200 Å². The van der Waals surface area contributed by atoms with Crippen LogP contribution < -0.4 is 0 Å². The molecule has 9 aromatic carbocycles. The Kier molecular flexibility index (Phi) is 9.53. The third kappa shape index (κ3) is 7.12. The fourth-order valence-electron chi connectivity index (χ4n) is 8.50. The Hall–Kier alpha value is -8.27. The molecule has 3 nitrogen and oxygen atoms in total. The zero-order chi connectivity index (χ0) is 41.2. The molecule has 0 saturated carbocycles. The summed E-state index contributed by atoms with van der Waals surface area (Å²) in [5, 5.41) is 3.40. The van der Waals surface area contributed by atoms with Gasteiger partial charge in [0.1, 0.15) is 0 Å². The Morgan fingerprint density at radius 2 is 0.548 bits per heavy atom. The maximum absolute atomic E-state index is 5.50. The molecule has 0 fully saturated rings. The first-order chi connectivity index (χ1) is 30.7. The van der Waals surface area contributed by atoms with Crippen LogP contribution >= 0.6 is 0 Å². The predicted molar refractivity (Wildman–Crippen MR) is 258 cm³/mol. The van der Waals surface area contributed by atoms with E-state index in [-0.39, 0.29) is 0 Å². The van der Waals surface area contributed by atoms with Crippen LogP contribution in [0.5, 0.6) is 0 Å². The number of aromatic nitrogens is 3. The lowest BCUT2D eigenvalue weighted by molar-refractivity contribution is 1.18. The smallest absolute Gasteiger partial charge is 0.160 e. The second-order valence-corrected chi connectivity index (χ2v) is 15.6. The lowest BCUT2D eigenvalue weighted by atomic mass is 9.90. The van der Waals surface area contributed by atoms with Gasteiger partial charge >= 0.3 is 0 Å². The van der Waals surface area contributed by atoms with Crippen LogP contribution in [0.3, 0.4) is 0 Å². The summed E-state index contributed by atoms with van der Waals surface area (Å²) in [7, 11) is 0. The first-order valence-corrected chi connectivity index (χ1v) is 21.0. The van der Waals surface area contributed by atoms with Crippen molar-refractivity contribution in [2.75, 3.05) is 0 Å². The Bertz CT molecular complexity index is 3270. The van der Waals surface area contributed by atoms with Crippen LogP contribution in [0.15, 0.2) is 237 Å². The van der Waals surface area contributed by atoms with E-state index in [1.165, 1.54) is 38.8 Å². The lowest BCUT2D eigenvalue weighted by Crippen LogP contribution is -1.96. The molecular formula is C59H39N3. The second-order valence-electron chi connectivity index (χ2n) is 15.6. The number of hydrogen-bond donors (Lipinski definition) is 0. The van der Waals surface area contributed by atoms with Crippen LogP contribution in [-0.2, 0) is 0 Å². The molecule has 0 aliphatic carbocycles. The second kappa shape index (κ2) is 16.1. The van der Waals surface area contributed by atoms with Crippen molar-refractivity contribution in [3.63, 3.8) is 0 Å². The van der Waals surface area contributed by atoms with Gasteiger partial charge in [0.15, 0.2) is 5.82 Å². The minimum atomic E-state index is 0.698. The fourth-order valence-corrected chi connectivity index (χ4v) is 8.50. The van der Waals surface area contributed by atoms with E-state index >= 15 is 0 Å². The molecule has 11 rings (SSSR count). The maximum Gasteiger partial charge on any atom is 0.160 e. The quantitative estimate of drug-likeness (QED) is 0.144. The van der Waals surface area contributed by atoms with Crippen molar-refractivity contribution >= 4 is 21.7 Å². The van der Waals surface area contributed by atoms with Gasteiger partial charge in [-0.2, -0.15) is 0 Å². The van der Waals surface area contributed by atoms with Gasteiger partial charge in [0, 0.05) is 33.0 Å². The summed E-state index contributed by atoms with van der Waals surface area (Å²) < 4.78 is 0. The van der Waals surface area contributed by atoms with Gasteiger partial charge in [0.2, 0.25) is 0 Å². The van der Waals surface area contributed by atoms with Crippen molar-refractivity contribution in [2.24, 2.45) is 0 Å². The number of rotatable bonds is 8. The van der Waals surface area contributed by atoms with E-state index in [1.807, 2.05) is 36.4 Å². The summed E-state index contributed by atoms with van der Waals surface area (Å²) in [6.07, 6.45) is 0. The topological polar surface area (TPSA) is 38.7 Å². The summed E-state index contributed by atoms with van der Waals surface area (Å²) >= 11 is 0. The van der Waals surface area contributed by atoms with E-state index in [0.29, 0.717) is 5.82 Å². The molecule has 0 N–H and O–H groups in total. The Balaban J connectivity index is 1.05. The highest BCUT2D eigenvalue weighted by Gasteiger charge is 2.17. The SMILES string of the molecule is c1ccc(-c2ccc(-c3cc4c(-c5ccc(-c6ccccc6)cc5)cc(-c5ccc(-c6cc(-c7ccccc7)nc(-c7ccccc7)n6)cc5)nc4c4ccccc34)cc2)cc1. The molecule has 0 aliphatic heterocycles. The molecule has 290 valence electrons. The van der Waals surface area contributed by atoms with Crippen LogP contribution in [0.2, 0.25) is 0 Å². The van der Waals surface area contributed by atoms with Gasteiger partial charge in [-0.25, -0.2) is 15.0 Å². The van der Waals surface area contributed by atoms with E-state index in [4.69, 9.17) is 15.0 Å². The normalized spacial score (nSPS) is 11.2. The minimum absolute atomic E-state index is 0.698. The molecule has 0 radical (unpaired) electrons. The Morgan fingerprint density at radius 3 is 1.05 bits per heavy atom. The number of fused-ring (bicyclic) bond motifs is 3. The maximum atomic E-state index is 5.50. The van der Waals surface area contributed by atoms with E-state index < -0.39 is 0 Å². The van der Waals surface area contributed by atoms with Crippen LogP contribution in [0.4, 0.5) is 0 Å².